The van der Waals surface area contributed by atoms with E-state index in [2.05, 4.69) is 10.7 Å². The summed E-state index contributed by atoms with van der Waals surface area (Å²) in [5.74, 6) is -1.52. The third kappa shape index (κ3) is 3.56. The van der Waals surface area contributed by atoms with Crippen molar-refractivity contribution in [3.8, 4) is 0 Å². The third-order valence-corrected chi connectivity index (χ3v) is 4.48. The van der Waals surface area contributed by atoms with Gasteiger partial charge in [-0.05, 0) is 47.6 Å². The van der Waals surface area contributed by atoms with Gasteiger partial charge in [0.05, 0.1) is 11.8 Å². The van der Waals surface area contributed by atoms with Crippen LogP contribution in [-0.2, 0) is 16.0 Å². The maximum absolute atomic E-state index is 12.1. The average molecular weight is 281 g/mol. The Kier molecular flexibility index (Phi) is 4.58. The van der Waals surface area contributed by atoms with Crippen LogP contribution in [0.25, 0.3) is 0 Å². The highest BCUT2D eigenvalue weighted by molar-refractivity contribution is 7.07. The molecule has 5 heteroatoms. The van der Waals surface area contributed by atoms with Gasteiger partial charge in [-0.1, -0.05) is 6.92 Å². The molecule has 1 fully saturated rings. The van der Waals surface area contributed by atoms with Crippen LogP contribution in [-0.4, -0.2) is 23.5 Å². The fraction of sp³-hybridized carbons (Fsp3) is 0.571. The molecule has 1 aromatic heterocycles. The fourth-order valence-electron chi connectivity index (χ4n) is 2.75. The number of carboxylic acids is 1. The molecule has 1 saturated carbocycles. The predicted octanol–water partition coefficient (Wildman–Crippen LogP) is 2.15. The minimum Gasteiger partial charge on any atom is -0.481 e. The summed E-state index contributed by atoms with van der Waals surface area (Å²) in [5, 5.41) is 16.1. The first-order valence-electron chi connectivity index (χ1n) is 6.59. The number of hydrogen-bond acceptors (Lipinski definition) is 3. The second-order valence-electron chi connectivity index (χ2n) is 5.30. The number of amides is 1. The molecule has 19 heavy (non-hydrogen) atoms. The van der Waals surface area contributed by atoms with Crippen LogP contribution in [0.5, 0.6) is 0 Å². The fourth-order valence-corrected chi connectivity index (χ4v) is 3.45. The number of carbonyl (C=O) groups excluding carboxylic acids is 1. The highest BCUT2D eigenvalue weighted by atomic mass is 32.1. The van der Waals surface area contributed by atoms with Crippen LogP contribution in [0.1, 0.15) is 25.3 Å². The lowest BCUT2D eigenvalue weighted by atomic mass is 9.95. The molecule has 0 aromatic carbocycles. The molecule has 0 aliphatic heterocycles. The van der Waals surface area contributed by atoms with Gasteiger partial charge in [-0.3, -0.25) is 9.59 Å². The smallest absolute Gasteiger partial charge is 0.307 e. The van der Waals surface area contributed by atoms with Gasteiger partial charge in [-0.15, -0.1) is 0 Å². The summed E-state index contributed by atoms with van der Waals surface area (Å²) in [4.78, 5) is 23.2. The topological polar surface area (TPSA) is 66.4 Å². The Balaban J connectivity index is 1.83. The molecule has 0 bridgehead atoms. The van der Waals surface area contributed by atoms with Gasteiger partial charge in [0.15, 0.2) is 0 Å². The Morgan fingerprint density at radius 1 is 1.42 bits per heavy atom. The summed E-state index contributed by atoms with van der Waals surface area (Å²) in [6.45, 7) is 2.58. The van der Waals surface area contributed by atoms with E-state index in [0.29, 0.717) is 25.3 Å². The van der Waals surface area contributed by atoms with Crippen molar-refractivity contribution in [2.75, 3.05) is 6.54 Å². The number of hydrogen-bond donors (Lipinski definition) is 2. The van der Waals surface area contributed by atoms with E-state index in [4.69, 9.17) is 5.11 Å². The molecule has 1 aliphatic rings. The molecule has 0 radical (unpaired) electrons. The molecule has 3 atom stereocenters. The van der Waals surface area contributed by atoms with Gasteiger partial charge >= 0.3 is 5.97 Å². The minimum absolute atomic E-state index is 0.105. The zero-order chi connectivity index (χ0) is 13.8. The monoisotopic (exact) mass is 281 g/mol. The molecule has 1 amide bonds. The van der Waals surface area contributed by atoms with Crippen LogP contribution < -0.4 is 5.32 Å². The van der Waals surface area contributed by atoms with Gasteiger partial charge in [-0.25, -0.2) is 0 Å². The van der Waals surface area contributed by atoms with Gasteiger partial charge in [0.25, 0.3) is 0 Å². The van der Waals surface area contributed by atoms with Crippen molar-refractivity contribution in [3.05, 3.63) is 22.4 Å². The minimum atomic E-state index is -0.845. The summed E-state index contributed by atoms with van der Waals surface area (Å²) in [5.41, 5.74) is 1.21. The van der Waals surface area contributed by atoms with E-state index < -0.39 is 11.9 Å². The van der Waals surface area contributed by atoms with Crippen molar-refractivity contribution in [1.29, 1.82) is 0 Å². The normalized spacial score (nSPS) is 26.3. The van der Waals surface area contributed by atoms with E-state index in [1.807, 2.05) is 18.4 Å². The Morgan fingerprint density at radius 3 is 2.79 bits per heavy atom. The van der Waals surface area contributed by atoms with Crippen molar-refractivity contribution in [1.82, 2.24) is 5.32 Å². The molecule has 1 heterocycles. The maximum atomic E-state index is 12.1. The molecular formula is C14H19NO3S. The number of nitrogens with one attached hydrogen (secondary N) is 1. The van der Waals surface area contributed by atoms with Crippen LogP contribution in [0, 0.1) is 17.8 Å². The third-order valence-electron chi connectivity index (χ3n) is 3.75. The quantitative estimate of drug-likeness (QED) is 0.869. The zero-order valence-electron chi connectivity index (χ0n) is 11.0. The molecule has 1 aliphatic carbocycles. The van der Waals surface area contributed by atoms with Crippen molar-refractivity contribution in [2.24, 2.45) is 17.8 Å². The number of carbonyl (C=O) groups is 2. The first-order chi connectivity index (χ1) is 9.08. The standard InChI is InChI=1S/C14H19NO3S/c1-9-6-11(12(7-9)14(17)18)13(16)15-4-2-10-3-5-19-8-10/h3,5,8-9,11-12H,2,4,6-7H2,1H3,(H,15,16)(H,17,18). The SMILES string of the molecule is CC1CC(C(=O)O)C(C(=O)NCCc2ccsc2)C1. The average Bonchev–Trinajstić information content (AvgIpc) is 2.98. The molecule has 104 valence electrons. The summed E-state index contributed by atoms with van der Waals surface area (Å²) in [6, 6.07) is 2.04. The highest BCUT2D eigenvalue weighted by Gasteiger charge is 2.40. The van der Waals surface area contributed by atoms with Crippen molar-refractivity contribution >= 4 is 23.2 Å². The second kappa shape index (κ2) is 6.19. The van der Waals surface area contributed by atoms with E-state index in [1.54, 1.807) is 11.3 Å². The Labute approximate surface area is 116 Å². The molecule has 0 saturated heterocycles. The lowest BCUT2D eigenvalue weighted by Gasteiger charge is -2.15. The van der Waals surface area contributed by atoms with E-state index >= 15 is 0 Å². The van der Waals surface area contributed by atoms with Gasteiger partial charge in [0.2, 0.25) is 5.91 Å². The number of thiophene rings is 1. The van der Waals surface area contributed by atoms with Gasteiger partial charge in [0, 0.05) is 6.54 Å². The van der Waals surface area contributed by atoms with Crippen LogP contribution >= 0.6 is 11.3 Å². The Morgan fingerprint density at radius 2 is 2.16 bits per heavy atom. The first-order valence-corrected chi connectivity index (χ1v) is 7.53. The predicted molar refractivity (Wildman–Crippen MR) is 74.0 cm³/mol. The van der Waals surface area contributed by atoms with E-state index in [9.17, 15) is 9.59 Å². The van der Waals surface area contributed by atoms with Crippen molar-refractivity contribution < 1.29 is 14.7 Å². The zero-order valence-corrected chi connectivity index (χ0v) is 11.8. The van der Waals surface area contributed by atoms with E-state index in [-0.39, 0.29) is 11.8 Å². The lowest BCUT2D eigenvalue weighted by molar-refractivity contribution is -0.146. The largest absolute Gasteiger partial charge is 0.481 e. The number of aliphatic carboxylic acids is 1. The summed E-state index contributed by atoms with van der Waals surface area (Å²) >= 11 is 1.64. The van der Waals surface area contributed by atoms with Gasteiger partial charge < -0.3 is 10.4 Å². The molecular weight excluding hydrogens is 262 g/mol. The van der Waals surface area contributed by atoms with Crippen LogP contribution in [0.15, 0.2) is 16.8 Å². The number of carboxylic acid groups (broad SMARTS) is 1. The molecule has 4 nitrogen and oxygen atoms in total. The van der Waals surface area contributed by atoms with Gasteiger partial charge in [-0.2, -0.15) is 11.3 Å². The molecule has 2 rings (SSSR count). The summed E-state index contributed by atoms with van der Waals surface area (Å²) in [6.07, 6.45) is 2.09. The lowest BCUT2D eigenvalue weighted by Crippen LogP contribution is -2.36. The Hall–Kier alpha value is -1.36. The Bertz CT molecular complexity index is 444. The molecule has 0 spiro atoms. The highest BCUT2D eigenvalue weighted by Crippen LogP contribution is 2.36. The maximum Gasteiger partial charge on any atom is 0.307 e. The van der Waals surface area contributed by atoms with Gasteiger partial charge in [0.1, 0.15) is 0 Å². The van der Waals surface area contributed by atoms with E-state index in [1.165, 1.54) is 5.56 Å². The van der Waals surface area contributed by atoms with E-state index in [0.717, 1.165) is 6.42 Å². The molecule has 2 N–H and O–H groups in total. The number of rotatable bonds is 5. The van der Waals surface area contributed by atoms with Crippen molar-refractivity contribution in [2.45, 2.75) is 26.2 Å². The molecule has 3 unspecified atom stereocenters. The first kappa shape index (κ1) is 14.1. The summed E-state index contributed by atoms with van der Waals surface area (Å²) < 4.78 is 0. The van der Waals surface area contributed by atoms with Crippen molar-refractivity contribution in [3.63, 3.8) is 0 Å². The van der Waals surface area contributed by atoms with Crippen LogP contribution in [0.3, 0.4) is 0 Å². The summed E-state index contributed by atoms with van der Waals surface area (Å²) in [7, 11) is 0. The van der Waals surface area contributed by atoms with Crippen LogP contribution in [0.2, 0.25) is 0 Å². The molecule has 1 aromatic rings. The second-order valence-corrected chi connectivity index (χ2v) is 6.08. The van der Waals surface area contributed by atoms with Crippen LogP contribution in [0.4, 0.5) is 0 Å².